The zero-order valence-corrected chi connectivity index (χ0v) is 22.8. The second kappa shape index (κ2) is 12.9. The van der Waals surface area contributed by atoms with Crippen molar-refractivity contribution in [3.8, 4) is 17.2 Å². The number of nitrogens with two attached hydrogens (primary N) is 2. The summed E-state index contributed by atoms with van der Waals surface area (Å²) in [5.41, 5.74) is 12.3. The maximum Gasteiger partial charge on any atom is 0.275 e. The van der Waals surface area contributed by atoms with E-state index in [0.717, 1.165) is 10.8 Å². The molecule has 42 heavy (non-hydrogen) atoms. The Morgan fingerprint density at radius 2 is 1.14 bits per heavy atom. The summed E-state index contributed by atoms with van der Waals surface area (Å²) in [5.74, 6) is 0.597. The number of anilines is 2. The van der Waals surface area contributed by atoms with Gasteiger partial charge in [0, 0.05) is 48.1 Å². The Balaban J connectivity index is 1.41. The first-order chi connectivity index (χ1) is 20.5. The highest BCUT2D eigenvalue weighted by molar-refractivity contribution is 6.07. The molecule has 0 atom stereocenters. The van der Waals surface area contributed by atoms with E-state index in [9.17, 15) is 9.59 Å². The summed E-state index contributed by atoms with van der Waals surface area (Å²) in [6.07, 6.45) is 0. The van der Waals surface area contributed by atoms with Crippen molar-refractivity contribution in [2.45, 2.75) is 0 Å². The maximum absolute atomic E-state index is 13.3. The lowest BCUT2D eigenvalue weighted by atomic mass is 10.2. The van der Waals surface area contributed by atoms with E-state index in [1.165, 1.54) is 19.2 Å². The molecule has 0 spiro atoms. The monoisotopic (exact) mass is 567 g/mol. The minimum Gasteiger partial charge on any atom is -0.497 e. The fraction of sp³-hybridized carbons (Fsp3) is 0.167. The van der Waals surface area contributed by atoms with Crippen LogP contribution in [-0.2, 0) is 0 Å². The standard InChI is InChI=1S/C30H29N7O5/c1-40-18-14-23(29(38)36-27-16-25(41-12-10-31)19-6-2-4-8-21(19)34-27)33-24(15-18)30(39)37-28-17-26(42-13-11-32)20-7-3-5-9-22(20)35-28/h2-9,14-17H,10-13,31-32H2,1H3,(H,34,36,38)(H,35,37,39). The third-order valence-corrected chi connectivity index (χ3v) is 6.09. The summed E-state index contributed by atoms with van der Waals surface area (Å²) in [7, 11) is 1.43. The molecule has 5 aromatic rings. The van der Waals surface area contributed by atoms with Crippen LogP contribution >= 0.6 is 0 Å². The maximum atomic E-state index is 13.3. The first-order valence-electron chi connectivity index (χ1n) is 13.1. The van der Waals surface area contributed by atoms with Crippen LogP contribution < -0.4 is 36.3 Å². The number of nitrogens with zero attached hydrogens (tertiary/aromatic N) is 3. The Bertz CT molecular complexity index is 1640. The number of para-hydroxylation sites is 2. The minimum atomic E-state index is -0.600. The van der Waals surface area contributed by atoms with E-state index in [1.807, 2.05) is 36.4 Å². The fourth-order valence-corrected chi connectivity index (χ4v) is 4.21. The number of methoxy groups -OCH3 is 1. The molecule has 3 aromatic heterocycles. The van der Waals surface area contributed by atoms with Gasteiger partial charge in [0.05, 0.1) is 18.1 Å². The molecule has 214 valence electrons. The smallest absolute Gasteiger partial charge is 0.275 e. The number of carbonyl (C=O) groups excluding carboxylic acids is 2. The van der Waals surface area contributed by atoms with Gasteiger partial charge in [-0.25, -0.2) is 15.0 Å². The molecule has 12 heteroatoms. The molecule has 3 heterocycles. The highest BCUT2D eigenvalue weighted by Crippen LogP contribution is 2.29. The highest BCUT2D eigenvalue weighted by atomic mass is 16.5. The average Bonchev–Trinajstić information content (AvgIpc) is 3.02. The summed E-state index contributed by atoms with van der Waals surface area (Å²) >= 11 is 0. The summed E-state index contributed by atoms with van der Waals surface area (Å²) in [6, 6.07) is 20.8. The van der Waals surface area contributed by atoms with Crippen LogP contribution in [0.5, 0.6) is 17.2 Å². The number of hydrogen-bond donors (Lipinski definition) is 4. The summed E-state index contributed by atoms with van der Waals surface area (Å²) in [5, 5.41) is 7.02. The number of amides is 2. The van der Waals surface area contributed by atoms with E-state index in [4.69, 9.17) is 25.7 Å². The van der Waals surface area contributed by atoms with Crippen LogP contribution in [-0.4, -0.2) is 60.2 Å². The SMILES string of the molecule is COc1cc(C(=O)Nc2cc(OCCN)c3ccccc3n2)nc(C(=O)Nc2cc(OCCN)c3ccccc3n2)c1. The molecule has 0 saturated carbocycles. The van der Waals surface area contributed by atoms with Gasteiger partial charge < -0.3 is 36.3 Å². The molecule has 0 saturated heterocycles. The summed E-state index contributed by atoms with van der Waals surface area (Å²) in [4.78, 5) is 39.8. The number of aromatic nitrogens is 3. The van der Waals surface area contributed by atoms with E-state index < -0.39 is 11.8 Å². The summed E-state index contributed by atoms with van der Waals surface area (Å²) < 4.78 is 16.9. The normalized spacial score (nSPS) is 10.8. The van der Waals surface area contributed by atoms with Gasteiger partial charge in [0.1, 0.15) is 53.5 Å². The molecule has 5 rings (SSSR count). The van der Waals surface area contributed by atoms with Crippen LogP contribution in [0.4, 0.5) is 11.6 Å². The van der Waals surface area contributed by atoms with Crippen molar-refractivity contribution in [2.24, 2.45) is 11.5 Å². The second-order valence-corrected chi connectivity index (χ2v) is 9.01. The Labute approximate surface area is 241 Å². The molecular weight excluding hydrogens is 538 g/mol. The van der Waals surface area contributed by atoms with Crippen molar-refractivity contribution < 1.29 is 23.8 Å². The van der Waals surface area contributed by atoms with E-state index in [1.54, 1.807) is 24.3 Å². The lowest BCUT2D eigenvalue weighted by Crippen LogP contribution is -2.20. The number of nitrogens with one attached hydrogen (secondary N) is 2. The third kappa shape index (κ3) is 6.35. The predicted octanol–water partition coefficient (Wildman–Crippen LogP) is 3.37. The number of benzene rings is 2. The van der Waals surface area contributed by atoms with Crippen molar-refractivity contribution in [1.82, 2.24) is 15.0 Å². The molecule has 0 fully saturated rings. The van der Waals surface area contributed by atoms with Gasteiger partial charge in [0.2, 0.25) is 0 Å². The van der Waals surface area contributed by atoms with Gasteiger partial charge in [-0.1, -0.05) is 24.3 Å². The average molecular weight is 568 g/mol. The molecule has 0 radical (unpaired) electrons. The van der Waals surface area contributed by atoms with Crippen LogP contribution in [0.2, 0.25) is 0 Å². The first kappa shape index (κ1) is 28.2. The molecule has 0 aliphatic heterocycles. The van der Waals surface area contributed by atoms with Gasteiger partial charge in [-0.15, -0.1) is 0 Å². The zero-order chi connectivity index (χ0) is 29.5. The van der Waals surface area contributed by atoms with Crippen molar-refractivity contribution in [3.63, 3.8) is 0 Å². The number of carbonyl (C=O) groups is 2. The zero-order valence-electron chi connectivity index (χ0n) is 22.8. The molecule has 2 amide bonds. The number of fused-ring (bicyclic) bond motifs is 2. The van der Waals surface area contributed by atoms with Crippen molar-refractivity contribution in [2.75, 3.05) is 44.0 Å². The topological polar surface area (TPSA) is 177 Å². The van der Waals surface area contributed by atoms with E-state index in [2.05, 4.69) is 25.6 Å². The van der Waals surface area contributed by atoms with Crippen molar-refractivity contribution in [1.29, 1.82) is 0 Å². The Kier molecular flexibility index (Phi) is 8.66. The van der Waals surface area contributed by atoms with Gasteiger partial charge in [-0.3, -0.25) is 9.59 Å². The van der Waals surface area contributed by atoms with Gasteiger partial charge in [0.15, 0.2) is 0 Å². The lowest BCUT2D eigenvalue weighted by molar-refractivity contribution is 0.101. The molecule has 6 N–H and O–H groups in total. The highest BCUT2D eigenvalue weighted by Gasteiger charge is 2.18. The number of pyridine rings is 3. The largest absolute Gasteiger partial charge is 0.497 e. The quantitative estimate of drug-likeness (QED) is 0.185. The van der Waals surface area contributed by atoms with Gasteiger partial charge in [-0.05, 0) is 24.3 Å². The molecule has 12 nitrogen and oxygen atoms in total. The fourth-order valence-electron chi connectivity index (χ4n) is 4.21. The molecule has 2 aromatic carbocycles. The van der Waals surface area contributed by atoms with Crippen LogP contribution in [0, 0.1) is 0 Å². The molecule has 0 aliphatic rings. The van der Waals surface area contributed by atoms with Gasteiger partial charge in [-0.2, -0.15) is 0 Å². The van der Waals surface area contributed by atoms with Crippen LogP contribution in [0.3, 0.4) is 0 Å². The second-order valence-electron chi connectivity index (χ2n) is 9.01. The van der Waals surface area contributed by atoms with E-state index in [0.29, 0.717) is 48.8 Å². The van der Waals surface area contributed by atoms with E-state index >= 15 is 0 Å². The first-order valence-corrected chi connectivity index (χ1v) is 13.1. The lowest BCUT2D eigenvalue weighted by Gasteiger charge is -2.13. The van der Waals surface area contributed by atoms with Gasteiger partial charge in [0.25, 0.3) is 11.8 Å². The van der Waals surface area contributed by atoms with Crippen LogP contribution in [0.15, 0.2) is 72.8 Å². The molecular formula is C30H29N7O5. The van der Waals surface area contributed by atoms with Crippen LogP contribution in [0.25, 0.3) is 21.8 Å². The summed E-state index contributed by atoms with van der Waals surface area (Å²) in [6.45, 7) is 1.25. The third-order valence-electron chi connectivity index (χ3n) is 6.09. The van der Waals surface area contributed by atoms with Crippen LogP contribution in [0.1, 0.15) is 21.0 Å². The Morgan fingerprint density at radius 1 is 0.690 bits per heavy atom. The van der Waals surface area contributed by atoms with Crippen molar-refractivity contribution >= 4 is 45.3 Å². The molecule has 0 bridgehead atoms. The molecule has 0 aliphatic carbocycles. The van der Waals surface area contributed by atoms with E-state index in [-0.39, 0.29) is 28.8 Å². The number of hydrogen-bond acceptors (Lipinski definition) is 10. The number of rotatable bonds is 11. The predicted molar refractivity (Wildman–Crippen MR) is 159 cm³/mol. The molecule has 0 unspecified atom stereocenters. The Hall–Kier alpha value is -5.33. The Morgan fingerprint density at radius 3 is 1.57 bits per heavy atom. The minimum absolute atomic E-state index is 0.0580. The van der Waals surface area contributed by atoms with Crippen molar-refractivity contribution in [3.05, 3.63) is 84.2 Å². The van der Waals surface area contributed by atoms with Gasteiger partial charge >= 0.3 is 0 Å². The number of ether oxygens (including phenoxy) is 3.